The summed E-state index contributed by atoms with van der Waals surface area (Å²) in [6, 6.07) is 29.4. The molecule has 1 aliphatic heterocycles. The van der Waals surface area contributed by atoms with Crippen LogP contribution in [0.2, 0.25) is 0 Å². The lowest BCUT2D eigenvalue weighted by molar-refractivity contribution is -0.115. The van der Waals surface area contributed by atoms with Gasteiger partial charge < -0.3 is 14.8 Å². The lowest BCUT2D eigenvalue weighted by atomic mass is 9.99. The van der Waals surface area contributed by atoms with Gasteiger partial charge >= 0.3 is 0 Å². The summed E-state index contributed by atoms with van der Waals surface area (Å²) in [6.07, 6.45) is 0.266. The van der Waals surface area contributed by atoms with Gasteiger partial charge in [-0.05, 0) is 23.8 Å². The summed E-state index contributed by atoms with van der Waals surface area (Å²) >= 11 is 1.41. The lowest BCUT2D eigenvalue weighted by Crippen LogP contribution is -2.16. The molecule has 0 radical (unpaired) electrons. The molecule has 7 heteroatoms. The second kappa shape index (κ2) is 11.0. The van der Waals surface area contributed by atoms with Gasteiger partial charge in [0.1, 0.15) is 24.3 Å². The van der Waals surface area contributed by atoms with Gasteiger partial charge in [0.15, 0.2) is 11.5 Å². The maximum absolute atomic E-state index is 12.6. The summed E-state index contributed by atoms with van der Waals surface area (Å²) in [6.45, 7) is 1.01. The van der Waals surface area contributed by atoms with E-state index in [1.165, 1.54) is 11.8 Å². The minimum absolute atomic E-state index is 0.125. The van der Waals surface area contributed by atoms with Crippen molar-refractivity contribution in [3.8, 4) is 40.0 Å². The SMILES string of the molecule is N#Cc1c(-c2ccccc2)cc(-c2ccccc2)nc1SCCC(=O)Nc1ccc2c(c1)OCCO2. The van der Waals surface area contributed by atoms with Gasteiger partial charge in [0.05, 0.1) is 11.3 Å². The number of hydrogen-bond acceptors (Lipinski definition) is 6. The number of anilines is 1. The highest BCUT2D eigenvalue weighted by Gasteiger charge is 2.17. The molecule has 0 saturated heterocycles. The van der Waals surface area contributed by atoms with Crippen molar-refractivity contribution in [2.24, 2.45) is 0 Å². The van der Waals surface area contributed by atoms with E-state index in [0.717, 1.165) is 22.4 Å². The number of carbonyl (C=O) groups is 1. The number of benzene rings is 3. The molecule has 0 atom stereocenters. The first-order valence-electron chi connectivity index (χ1n) is 11.6. The van der Waals surface area contributed by atoms with E-state index >= 15 is 0 Å². The van der Waals surface area contributed by atoms with Crippen molar-refractivity contribution in [2.45, 2.75) is 11.4 Å². The quantitative estimate of drug-likeness (QED) is 0.310. The Bertz CT molecular complexity index is 1420. The fourth-order valence-electron chi connectivity index (χ4n) is 3.92. The van der Waals surface area contributed by atoms with Gasteiger partial charge in [0.25, 0.3) is 0 Å². The highest BCUT2D eigenvalue weighted by Crippen LogP contribution is 2.35. The molecular weight excluding hydrogens is 470 g/mol. The Morgan fingerprint density at radius 2 is 1.61 bits per heavy atom. The third-order valence-corrected chi connectivity index (χ3v) is 6.62. The third kappa shape index (κ3) is 5.35. The third-order valence-electron chi connectivity index (χ3n) is 5.65. The van der Waals surface area contributed by atoms with E-state index in [2.05, 4.69) is 11.4 Å². The molecular formula is C29H23N3O3S. The van der Waals surface area contributed by atoms with Crippen LogP contribution < -0.4 is 14.8 Å². The fourth-order valence-corrected chi connectivity index (χ4v) is 4.86. The molecule has 178 valence electrons. The molecule has 0 saturated carbocycles. The molecule has 0 spiro atoms. The highest BCUT2D eigenvalue weighted by molar-refractivity contribution is 7.99. The molecule has 5 rings (SSSR count). The van der Waals surface area contributed by atoms with Crippen molar-refractivity contribution in [3.63, 3.8) is 0 Å². The molecule has 1 N–H and O–H groups in total. The second-order valence-electron chi connectivity index (χ2n) is 8.08. The monoisotopic (exact) mass is 493 g/mol. The van der Waals surface area contributed by atoms with Gasteiger partial charge in [-0.1, -0.05) is 60.7 Å². The van der Waals surface area contributed by atoms with Gasteiger partial charge in [0, 0.05) is 35.1 Å². The van der Waals surface area contributed by atoms with Crippen LogP contribution in [-0.4, -0.2) is 29.9 Å². The maximum Gasteiger partial charge on any atom is 0.225 e. The largest absolute Gasteiger partial charge is 0.486 e. The molecule has 6 nitrogen and oxygen atoms in total. The average Bonchev–Trinajstić information content (AvgIpc) is 2.93. The number of fused-ring (bicyclic) bond motifs is 1. The van der Waals surface area contributed by atoms with Crippen molar-refractivity contribution < 1.29 is 14.3 Å². The van der Waals surface area contributed by atoms with Crippen molar-refractivity contribution in [3.05, 3.63) is 90.5 Å². The van der Waals surface area contributed by atoms with E-state index in [-0.39, 0.29) is 12.3 Å². The number of hydrogen-bond donors (Lipinski definition) is 1. The minimum atomic E-state index is -0.125. The number of nitrogens with one attached hydrogen (secondary N) is 1. The molecule has 3 aromatic carbocycles. The highest BCUT2D eigenvalue weighted by atomic mass is 32.2. The van der Waals surface area contributed by atoms with E-state index in [1.54, 1.807) is 18.2 Å². The fraction of sp³-hybridized carbons (Fsp3) is 0.138. The summed E-state index contributed by atoms with van der Waals surface area (Å²) < 4.78 is 11.1. The first-order chi connectivity index (χ1) is 17.7. The van der Waals surface area contributed by atoms with E-state index in [0.29, 0.717) is 46.7 Å². The van der Waals surface area contributed by atoms with Gasteiger partial charge in [-0.15, -0.1) is 11.8 Å². The molecule has 2 heterocycles. The Labute approximate surface area is 213 Å². The van der Waals surface area contributed by atoms with Crippen molar-refractivity contribution >= 4 is 23.4 Å². The predicted molar refractivity (Wildman–Crippen MR) is 141 cm³/mol. The summed E-state index contributed by atoms with van der Waals surface area (Å²) in [5, 5.41) is 13.5. The van der Waals surface area contributed by atoms with E-state index in [9.17, 15) is 10.1 Å². The molecule has 0 aliphatic carbocycles. The Kier molecular flexibility index (Phi) is 7.15. The van der Waals surface area contributed by atoms with Gasteiger partial charge in [-0.25, -0.2) is 4.98 Å². The minimum Gasteiger partial charge on any atom is -0.486 e. The smallest absolute Gasteiger partial charge is 0.225 e. The summed E-state index contributed by atoms with van der Waals surface area (Å²) in [7, 11) is 0. The normalized spacial score (nSPS) is 12.0. The molecule has 1 aliphatic rings. The molecule has 4 aromatic rings. The molecule has 0 bridgehead atoms. The number of thioether (sulfide) groups is 1. The van der Waals surface area contributed by atoms with Crippen LogP contribution >= 0.6 is 11.8 Å². The number of pyridine rings is 1. The number of aromatic nitrogens is 1. The summed E-state index contributed by atoms with van der Waals surface area (Å²) in [4.78, 5) is 17.4. The molecule has 36 heavy (non-hydrogen) atoms. The van der Waals surface area contributed by atoms with Gasteiger partial charge in [-0.3, -0.25) is 4.79 Å². The predicted octanol–water partition coefficient (Wildman–Crippen LogP) is 6.18. The number of ether oxygens (including phenoxy) is 2. The van der Waals surface area contributed by atoms with Crippen LogP contribution in [0.1, 0.15) is 12.0 Å². The Hall–Kier alpha value is -4.28. The molecule has 1 amide bonds. The topological polar surface area (TPSA) is 84.2 Å². The Morgan fingerprint density at radius 3 is 2.33 bits per heavy atom. The van der Waals surface area contributed by atoms with Crippen LogP contribution in [0.3, 0.4) is 0 Å². The van der Waals surface area contributed by atoms with Crippen molar-refractivity contribution in [2.75, 3.05) is 24.3 Å². The van der Waals surface area contributed by atoms with E-state index in [4.69, 9.17) is 14.5 Å². The maximum atomic E-state index is 12.6. The van der Waals surface area contributed by atoms with Crippen LogP contribution in [0.4, 0.5) is 5.69 Å². The number of rotatable bonds is 7. The first-order valence-corrected chi connectivity index (χ1v) is 12.6. The van der Waals surface area contributed by atoms with E-state index < -0.39 is 0 Å². The average molecular weight is 494 g/mol. The first kappa shape index (κ1) is 23.5. The van der Waals surface area contributed by atoms with Crippen molar-refractivity contribution in [1.29, 1.82) is 5.26 Å². The molecule has 0 fully saturated rings. The van der Waals surface area contributed by atoms with Crippen LogP contribution in [0.5, 0.6) is 11.5 Å². The molecule has 0 unspecified atom stereocenters. The standard InChI is InChI=1S/C29H23N3O3S/c30-19-24-23(20-7-3-1-4-8-20)18-25(21-9-5-2-6-10-21)32-29(24)36-16-13-28(33)31-22-11-12-26-27(17-22)35-15-14-34-26/h1-12,17-18H,13-16H2,(H,31,33). The van der Waals surface area contributed by atoms with Crippen molar-refractivity contribution in [1.82, 2.24) is 4.98 Å². The zero-order chi connectivity index (χ0) is 24.7. The van der Waals surface area contributed by atoms with Gasteiger partial charge in [0.2, 0.25) is 5.91 Å². The Morgan fingerprint density at radius 1 is 0.917 bits per heavy atom. The number of nitriles is 1. The van der Waals surface area contributed by atoms with Crippen LogP contribution in [-0.2, 0) is 4.79 Å². The second-order valence-corrected chi connectivity index (χ2v) is 9.17. The number of carbonyl (C=O) groups excluding carboxylic acids is 1. The van der Waals surface area contributed by atoms with E-state index in [1.807, 2.05) is 66.7 Å². The number of nitrogens with zero attached hydrogens (tertiary/aromatic N) is 2. The zero-order valence-electron chi connectivity index (χ0n) is 19.4. The van der Waals surface area contributed by atoms with Crippen LogP contribution in [0.25, 0.3) is 22.4 Å². The van der Waals surface area contributed by atoms with Gasteiger partial charge in [-0.2, -0.15) is 5.26 Å². The number of amides is 1. The van der Waals surface area contributed by atoms with Crippen LogP contribution in [0, 0.1) is 11.3 Å². The zero-order valence-corrected chi connectivity index (χ0v) is 20.3. The summed E-state index contributed by atoms with van der Waals surface area (Å²) in [5.74, 6) is 1.66. The summed E-state index contributed by atoms with van der Waals surface area (Å²) in [5.41, 5.74) is 4.71. The lowest BCUT2D eigenvalue weighted by Gasteiger charge is -2.19. The van der Waals surface area contributed by atoms with Crippen LogP contribution in [0.15, 0.2) is 90.0 Å². The Balaban J connectivity index is 1.34. The molecule has 1 aromatic heterocycles.